The maximum Gasteiger partial charge on any atom is 0.229 e. The Hall–Kier alpha value is -2.96. The number of aliphatic hydroxyl groups excluding tert-OH is 1. The van der Waals surface area contributed by atoms with E-state index in [1.165, 1.54) is 30.9 Å². The van der Waals surface area contributed by atoms with E-state index in [9.17, 15) is 13.5 Å². The smallest absolute Gasteiger partial charge is 0.229 e. The summed E-state index contributed by atoms with van der Waals surface area (Å²) in [6.45, 7) is 5.36. The van der Waals surface area contributed by atoms with Gasteiger partial charge in [0.2, 0.25) is 5.95 Å². The molecule has 3 heterocycles. The first kappa shape index (κ1) is 31.5. The average Bonchev–Trinajstić information content (AvgIpc) is 3.00. The first-order valence-corrected chi connectivity index (χ1v) is 17.2. The minimum absolute atomic E-state index is 0.0999. The van der Waals surface area contributed by atoms with E-state index in [1.54, 1.807) is 25.3 Å². The Morgan fingerprint density at radius 3 is 2.47 bits per heavy atom. The van der Waals surface area contributed by atoms with Crippen LogP contribution in [0.25, 0.3) is 0 Å². The minimum Gasteiger partial charge on any atom is -0.495 e. The SMILES string of the molecule is COc1cc(C2CCN(C3CCN(CCO)CC3)CC2)ccc1Nc1ncc(Cl)c(Nc2ccccc2CS(C)(=O)=O)n1. The standard InChI is InChI=1S/C31H41ClN6O4S/c1-42-29-19-23(22-9-15-38(16-10-22)25-11-13-37(14-12-25)17-18-39)7-8-28(29)35-31-33-20-26(32)30(36-31)34-27-6-4-3-5-24(27)21-43(2,40)41/h3-8,19-20,22,25,39H,9-18,21H2,1-2H3,(H2,33,34,35,36). The summed E-state index contributed by atoms with van der Waals surface area (Å²) in [7, 11) is -1.57. The quantitative estimate of drug-likeness (QED) is 0.273. The zero-order chi connectivity index (χ0) is 30.4. The average molecular weight is 629 g/mol. The third-order valence-electron chi connectivity index (χ3n) is 8.39. The van der Waals surface area contributed by atoms with Crippen molar-refractivity contribution < 1.29 is 18.3 Å². The molecule has 43 heavy (non-hydrogen) atoms. The molecule has 10 nitrogen and oxygen atoms in total. The van der Waals surface area contributed by atoms with Gasteiger partial charge in [0, 0.05) is 24.5 Å². The van der Waals surface area contributed by atoms with Crippen LogP contribution in [0.15, 0.2) is 48.7 Å². The predicted molar refractivity (Wildman–Crippen MR) is 172 cm³/mol. The van der Waals surface area contributed by atoms with Crippen LogP contribution in [0.3, 0.4) is 0 Å². The summed E-state index contributed by atoms with van der Waals surface area (Å²) in [5.41, 5.74) is 3.24. The molecule has 0 unspecified atom stereocenters. The lowest BCUT2D eigenvalue weighted by molar-refractivity contribution is 0.0793. The fourth-order valence-electron chi connectivity index (χ4n) is 6.13. The van der Waals surface area contributed by atoms with Crippen LogP contribution in [0.2, 0.25) is 5.02 Å². The molecule has 3 aromatic rings. The zero-order valence-electron chi connectivity index (χ0n) is 24.8. The fraction of sp³-hybridized carbons (Fsp3) is 0.484. The van der Waals surface area contributed by atoms with Crippen molar-refractivity contribution in [2.45, 2.75) is 43.4 Å². The van der Waals surface area contributed by atoms with Gasteiger partial charge in [0.1, 0.15) is 10.8 Å². The number of nitrogens with zero attached hydrogens (tertiary/aromatic N) is 4. The highest BCUT2D eigenvalue weighted by atomic mass is 35.5. The number of β-amino-alcohol motifs (C(OH)–C–C–N with tert-alkyl or cyclic N) is 1. The highest BCUT2D eigenvalue weighted by molar-refractivity contribution is 7.89. The molecule has 2 aliphatic rings. The molecular weight excluding hydrogens is 588 g/mol. The summed E-state index contributed by atoms with van der Waals surface area (Å²) in [6.07, 6.45) is 7.29. The van der Waals surface area contributed by atoms with Crippen molar-refractivity contribution in [2.75, 3.05) is 63.3 Å². The third kappa shape index (κ3) is 8.36. The lowest BCUT2D eigenvalue weighted by Gasteiger charge is -2.42. The summed E-state index contributed by atoms with van der Waals surface area (Å²) < 4.78 is 29.6. The van der Waals surface area contributed by atoms with Crippen LogP contribution in [0.5, 0.6) is 5.75 Å². The summed E-state index contributed by atoms with van der Waals surface area (Å²) in [6, 6.07) is 14.1. The topological polar surface area (TPSA) is 120 Å². The Morgan fingerprint density at radius 1 is 1.02 bits per heavy atom. The third-order valence-corrected chi connectivity index (χ3v) is 9.51. The molecular formula is C31H41ClN6O4S. The van der Waals surface area contributed by atoms with Crippen molar-refractivity contribution in [1.29, 1.82) is 0 Å². The van der Waals surface area contributed by atoms with Crippen molar-refractivity contribution in [1.82, 2.24) is 19.8 Å². The number of aliphatic hydroxyl groups is 1. The molecule has 0 saturated carbocycles. The molecule has 0 bridgehead atoms. The summed E-state index contributed by atoms with van der Waals surface area (Å²) in [5, 5.41) is 15.9. The van der Waals surface area contributed by atoms with E-state index in [1.807, 2.05) is 12.1 Å². The number of hydrogen-bond acceptors (Lipinski definition) is 10. The Balaban J connectivity index is 1.23. The van der Waals surface area contributed by atoms with Crippen molar-refractivity contribution in [3.05, 3.63) is 64.8 Å². The van der Waals surface area contributed by atoms with Crippen molar-refractivity contribution >= 4 is 44.6 Å². The second-order valence-electron chi connectivity index (χ2n) is 11.4. The maximum atomic E-state index is 11.9. The van der Waals surface area contributed by atoms with Crippen molar-refractivity contribution in [3.8, 4) is 5.75 Å². The summed E-state index contributed by atoms with van der Waals surface area (Å²) in [4.78, 5) is 13.9. The van der Waals surface area contributed by atoms with E-state index < -0.39 is 9.84 Å². The van der Waals surface area contributed by atoms with Gasteiger partial charge >= 0.3 is 0 Å². The number of benzene rings is 2. The number of ether oxygens (including phenoxy) is 1. The first-order valence-electron chi connectivity index (χ1n) is 14.8. The number of piperidine rings is 2. The first-order chi connectivity index (χ1) is 20.7. The van der Waals surface area contributed by atoms with Crippen molar-refractivity contribution in [3.63, 3.8) is 0 Å². The van der Waals surface area contributed by atoms with Gasteiger partial charge in [0.15, 0.2) is 15.7 Å². The van der Waals surface area contributed by atoms with E-state index in [0.717, 1.165) is 51.3 Å². The predicted octanol–water partition coefficient (Wildman–Crippen LogP) is 4.81. The van der Waals surface area contributed by atoms with Crippen LogP contribution in [0, 0.1) is 0 Å². The normalized spacial score (nSPS) is 17.6. The molecule has 0 spiro atoms. The van der Waals surface area contributed by atoms with Gasteiger partial charge in [0.05, 0.1) is 31.4 Å². The summed E-state index contributed by atoms with van der Waals surface area (Å²) in [5.74, 6) is 1.78. The maximum absolute atomic E-state index is 11.9. The minimum atomic E-state index is -3.23. The number of hydrogen-bond donors (Lipinski definition) is 3. The van der Waals surface area contributed by atoms with Gasteiger partial charge < -0.3 is 30.3 Å². The number of anilines is 4. The van der Waals surface area contributed by atoms with E-state index in [2.05, 4.69) is 42.5 Å². The lowest BCUT2D eigenvalue weighted by atomic mass is 9.87. The number of para-hydroxylation sites is 1. The van der Waals surface area contributed by atoms with Crippen LogP contribution in [0.4, 0.5) is 23.1 Å². The highest BCUT2D eigenvalue weighted by Gasteiger charge is 2.29. The van der Waals surface area contributed by atoms with Crippen LogP contribution in [-0.4, -0.2) is 92.0 Å². The van der Waals surface area contributed by atoms with Gasteiger partial charge in [-0.1, -0.05) is 35.9 Å². The summed E-state index contributed by atoms with van der Waals surface area (Å²) >= 11 is 6.41. The number of rotatable bonds is 11. The second-order valence-corrected chi connectivity index (χ2v) is 14.0. The van der Waals surface area contributed by atoms with Crippen LogP contribution < -0.4 is 15.4 Å². The highest BCUT2D eigenvalue weighted by Crippen LogP contribution is 2.36. The van der Waals surface area contributed by atoms with Gasteiger partial charge in [-0.2, -0.15) is 4.98 Å². The van der Waals surface area contributed by atoms with Gasteiger partial charge in [-0.05, 0) is 87.1 Å². The van der Waals surface area contributed by atoms with Crippen molar-refractivity contribution in [2.24, 2.45) is 0 Å². The van der Waals surface area contributed by atoms with Crippen LogP contribution in [-0.2, 0) is 15.6 Å². The number of nitrogens with one attached hydrogen (secondary N) is 2. The molecule has 0 amide bonds. The molecule has 2 saturated heterocycles. The van der Waals surface area contributed by atoms with Gasteiger partial charge in [-0.25, -0.2) is 13.4 Å². The molecule has 0 atom stereocenters. The molecule has 5 rings (SSSR count). The van der Waals surface area contributed by atoms with E-state index in [0.29, 0.717) is 45.7 Å². The number of sulfone groups is 1. The molecule has 1 aromatic heterocycles. The Morgan fingerprint density at radius 2 is 1.77 bits per heavy atom. The largest absolute Gasteiger partial charge is 0.495 e. The number of likely N-dealkylation sites (tertiary alicyclic amines) is 2. The monoisotopic (exact) mass is 628 g/mol. The number of methoxy groups -OCH3 is 1. The molecule has 2 aliphatic heterocycles. The molecule has 3 N–H and O–H groups in total. The van der Waals surface area contributed by atoms with Gasteiger partial charge in [0.25, 0.3) is 0 Å². The molecule has 232 valence electrons. The molecule has 0 radical (unpaired) electrons. The fourth-order valence-corrected chi connectivity index (χ4v) is 7.08. The second kappa shape index (κ2) is 14.2. The van der Waals surface area contributed by atoms with Crippen LogP contribution >= 0.6 is 11.6 Å². The van der Waals surface area contributed by atoms with Crippen LogP contribution in [0.1, 0.15) is 42.7 Å². The molecule has 2 aromatic carbocycles. The molecule has 0 aliphatic carbocycles. The van der Waals surface area contributed by atoms with E-state index in [-0.39, 0.29) is 12.4 Å². The van der Waals surface area contributed by atoms with E-state index in [4.69, 9.17) is 16.3 Å². The van der Waals surface area contributed by atoms with E-state index >= 15 is 0 Å². The Labute approximate surface area is 259 Å². The Kier molecular flexibility index (Phi) is 10.4. The van der Waals surface area contributed by atoms with Gasteiger partial charge in [-0.3, -0.25) is 0 Å². The zero-order valence-corrected chi connectivity index (χ0v) is 26.4. The lowest BCUT2D eigenvalue weighted by Crippen LogP contribution is -2.47. The molecule has 12 heteroatoms. The van der Waals surface area contributed by atoms with Gasteiger partial charge in [-0.15, -0.1) is 0 Å². The number of halogens is 1. The Bertz CT molecular complexity index is 1490. The number of aromatic nitrogens is 2. The molecule has 2 fully saturated rings.